The monoisotopic (exact) mass is 218 g/mol. The largest absolute Gasteiger partial charge is 0.481 e. The van der Waals surface area contributed by atoms with Gasteiger partial charge in [-0.1, -0.05) is 13.8 Å². The third-order valence-electron chi connectivity index (χ3n) is 2.32. The number of hydrogen-bond donors (Lipinski definition) is 0. The van der Waals surface area contributed by atoms with E-state index in [1.165, 1.54) is 4.80 Å². The molecule has 5 nitrogen and oxygen atoms in total. The molecule has 0 N–H and O–H groups in total. The summed E-state index contributed by atoms with van der Waals surface area (Å²) in [6, 6.07) is 3.84. The molecule has 0 saturated carbocycles. The van der Waals surface area contributed by atoms with E-state index in [0.717, 1.165) is 11.4 Å². The highest BCUT2D eigenvalue weighted by Gasteiger charge is 2.12. The topological polar surface area (TPSA) is 52.8 Å². The van der Waals surface area contributed by atoms with E-state index in [-0.39, 0.29) is 0 Å². The van der Waals surface area contributed by atoms with E-state index >= 15 is 0 Å². The second-order valence-electron chi connectivity index (χ2n) is 3.74. The van der Waals surface area contributed by atoms with Crippen LogP contribution in [0.15, 0.2) is 24.5 Å². The quantitative estimate of drug-likeness (QED) is 0.788. The Morgan fingerprint density at radius 2 is 1.88 bits per heavy atom. The number of aromatic nitrogens is 4. The van der Waals surface area contributed by atoms with Crippen LogP contribution in [-0.2, 0) is 0 Å². The highest BCUT2D eigenvalue weighted by molar-refractivity contribution is 5.37. The Morgan fingerprint density at radius 1 is 1.19 bits per heavy atom. The summed E-state index contributed by atoms with van der Waals surface area (Å²) >= 11 is 0. The molecule has 0 radical (unpaired) electrons. The van der Waals surface area contributed by atoms with Gasteiger partial charge in [-0.3, -0.25) is 0 Å². The van der Waals surface area contributed by atoms with E-state index in [2.05, 4.69) is 29.0 Å². The first kappa shape index (κ1) is 10.6. The number of hydrogen-bond acceptors (Lipinski definition) is 4. The minimum absolute atomic E-state index is 0.361. The number of nitrogens with zero attached hydrogens (tertiary/aromatic N) is 4. The van der Waals surface area contributed by atoms with Gasteiger partial charge in [0.1, 0.15) is 0 Å². The highest BCUT2D eigenvalue weighted by atomic mass is 16.5. The molecule has 0 saturated heterocycles. The highest BCUT2D eigenvalue weighted by Crippen LogP contribution is 2.22. The van der Waals surface area contributed by atoms with Crippen LogP contribution in [0, 0.1) is 0 Å². The van der Waals surface area contributed by atoms with Crippen molar-refractivity contribution in [2.75, 3.05) is 7.11 Å². The van der Waals surface area contributed by atoms with Crippen molar-refractivity contribution < 1.29 is 4.74 Å². The summed E-state index contributed by atoms with van der Waals surface area (Å²) < 4.78 is 5.11. The molecule has 0 amide bonds. The van der Waals surface area contributed by atoms with Gasteiger partial charge in [0, 0.05) is 11.6 Å². The van der Waals surface area contributed by atoms with Crippen LogP contribution in [0.5, 0.6) is 5.88 Å². The zero-order valence-electron chi connectivity index (χ0n) is 9.58. The minimum atomic E-state index is 0.361. The lowest BCUT2D eigenvalue weighted by Crippen LogP contribution is -2.08. The summed E-state index contributed by atoms with van der Waals surface area (Å²) in [5.74, 6) is 1.65. The molecule has 0 aliphatic carbocycles. The number of methoxy groups -OCH3 is 1. The van der Waals surface area contributed by atoms with Gasteiger partial charge in [0.05, 0.1) is 19.5 Å². The minimum Gasteiger partial charge on any atom is -0.481 e. The Hall–Kier alpha value is -1.91. The molecule has 2 rings (SSSR count). The summed E-state index contributed by atoms with van der Waals surface area (Å²) in [6.45, 7) is 4.22. The fraction of sp³-hybridized carbons (Fsp3) is 0.364. The predicted octanol–water partition coefficient (Wildman–Crippen LogP) is 1.79. The summed E-state index contributed by atoms with van der Waals surface area (Å²) in [5, 5.41) is 8.18. The summed E-state index contributed by atoms with van der Waals surface area (Å²) in [5.41, 5.74) is 1.09. The molecule has 0 aromatic carbocycles. The van der Waals surface area contributed by atoms with E-state index in [1.54, 1.807) is 19.5 Å². The van der Waals surface area contributed by atoms with E-state index < -0.39 is 0 Å². The first-order valence-corrected chi connectivity index (χ1v) is 5.14. The fourth-order valence-corrected chi connectivity index (χ4v) is 1.49. The first-order valence-electron chi connectivity index (χ1n) is 5.14. The van der Waals surface area contributed by atoms with E-state index in [1.807, 2.05) is 12.1 Å². The third kappa shape index (κ3) is 1.88. The maximum atomic E-state index is 5.11. The average Bonchev–Trinajstić information content (AvgIpc) is 2.81. The van der Waals surface area contributed by atoms with Crippen LogP contribution in [0.25, 0.3) is 5.82 Å². The van der Waals surface area contributed by atoms with Gasteiger partial charge >= 0.3 is 0 Å². The maximum Gasteiger partial charge on any atom is 0.215 e. The molecule has 2 heterocycles. The van der Waals surface area contributed by atoms with E-state index in [9.17, 15) is 0 Å². The van der Waals surface area contributed by atoms with Crippen molar-refractivity contribution in [3.63, 3.8) is 0 Å². The number of rotatable bonds is 3. The summed E-state index contributed by atoms with van der Waals surface area (Å²) in [4.78, 5) is 5.88. The van der Waals surface area contributed by atoms with Crippen molar-refractivity contribution in [2.45, 2.75) is 19.8 Å². The molecule has 0 spiro atoms. The second-order valence-corrected chi connectivity index (χ2v) is 3.74. The molecule has 5 heteroatoms. The van der Waals surface area contributed by atoms with Gasteiger partial charge in [0.2, 0.25) is 5.88 Å². The molecule has 2 aromatic rings. The summed E-state index contributed by atoms with van der Waals surface area (Å²) in [7, 11) is 1.59. The Balaban J connectivity index is 2.55. The van der Waals surface area contributed by atoms with Crippen molar-refractivity contribution in [1.29, 1.82) is 0 Å². The zero-order chi connectivity index (χ0) is 11.5. The van der Waals surface area contributed by atoms with Gasteiger partial charge in [-0.05, 0) is 12.0 Å². The molecule has 0 unspecified atom stereocenters. The number of ether oxygens (including phenoxy) is 1. The second kappa shape index (κ2) is 4.30. The number of pyridine rings is 1. The average molecular weight is 218 g/mol. The van der Waals surface area contributed by atoms with Crippen LogP contribution in [0.2, 0.25) is 0 Å². The van der Waals surface area contributed by atoms with Gasteiger partial charge in [0.25, 0.3) is 0 Å². The molecule has 0 atom stereocenters. The standard InChI is InChI=1S/C11H14N4O/c1-8(2)9-4-5-10(16-3)14-11(9)15-12-6-7-13-15/h4-8H,1-3H3. The smallest absolute Gasteiger partial charge is 0.215 e. The Labute approximate surface area is 94.1 Å². The predicted molar refractivity (Wildman–Crippen MR) is 59.8 cm³/mol. The Morgan fingerprint density at radius 3 is 2.44 bits per heavy atom. The van der Waals surface area contributed by atoms with Gasteiger partial charge in [-0.25, -0.2) is 0 Å². The van der Waals surface area contributed by atoms with Gasteiger partial charge in [0.15, 0.2) is 5.82 Å². The molecule has 0 aliphatic rings. The lowest BCUT2D eigenvalue weighted by Gasteiger charge is -2.11. The van der Waals surface area contributed by atoms with Crippen molar-refractivity contribution >= 4 is 0 Å². The van der Waals surface area contributed by atoms with Crippen molar-refractivity contribution in [2.24, 2.45) is 0 Å². The van der Waals surface area contributed by atoms with Crippen molar-refractivity contribution in [1.82, 2.24) is 20.0 Å². The lowest BCUT2D eigenvalue weighted by atomic mass is 10.0. The molecule has 0 aliphatic heterocycles. The normalized spacial score (nSPS) is 10.8. The molecule has 2 aromatic heterocycles. The summed E-state index contributed by atoms with van der Waals surface area (Å²) in [6.07, 6.45) is 3.26. The SMILES string of the molecule is COc1ccc(C(C)C)c(-n2nccn2)n1. The molecular formula is C11H14N4O. The maximum absolute atomic E-state index is 5.11. The first-order chi connectivity index (χ1) is 7.72. The fourth-order valence-electron chi connectivity index (χ4n) is 1.49. The van der Waals surface area contributed by atoms with Gasteiger partial charge in [-0.15, -0.1) is 4.80 Å². The van der Waals surface area contributed by atoms with Crippen molar-refractivity contribution in [3.8, 4) is 11.7 Å². The van der Waals surface area contributed by atoms with Crippen LogP contribution < -0.4 is 4.74 Å². The molecule has 0 bridgehead atoms. The lowest BCUT2D eigenvalue weighted by molar-refractivity contribution is 0.396. The molecular weight excluding hydrogens is 204 g/mol. The zero-order valence-corrected chi connectivity index (χ0v) is 9.58. The van der Waals surface area contributed by atoms with Crippen LogP contribution in [0.3, 0.4) is 0 Å². The Kier molecular flexibility index (Phi) is 2.85. The van der Waals surface area contributed by atoms with Crippen LogP contribution in [-0.4, -0.2) is 27.1 Å². The molecule has 84 valence electrons. The molecule has 0 fully saturated rings. The third-order valence-corrected chi connectivity index (χ3v) is 2.32. The van der Waals surface area contributed by atoms with Crippen LogP contribution in [0.1, 0.15) is 25.3 Å². The van der Waals surface area contributed by atoms with Crippen LogP contribution >= 0.6 is 0 Å². The van der Waals surface area contributed by atoms with Gasteiger partial charge in [-0.2, -0.15) is 15.2 Å². The molecule has 16 heavy (non-hydrogen) atoms. The Bertz CT molecular complexity index is 465. The van der Waals surface area contributed by atoms with Crippen LogP contribution in [0.4, 0.5) is 0 Å². The van der Waals surface area contributed by atoms with Gasteiger partial charge < -0.3 is 4.74 Å². The van der Waals surface area contributed by atoms with E-state index in [4.69, 9.17) is 4.74 Å². The van der Waals surface area contributed by atoms with Crippen molar-refractivity contribution in [3.05, 3.63) is 30.1 Å². The van der Waals surface area contributed by atoms with E-state index in [0.29, 0.717) is 11.8 Å².